The molecule has 0 saturated heterocycles. The second-order valence-electron chi connectivity index (χ2n) is 8.14. The lowest BCUT2D eigenvalue weighted by Crippen LogP contribution is -2.29. The molecule has 0 radical (unpaired) electrons. The van der Waals surface area contributed by atoms with Gasteiger partial charge < -0.3 is 18.6 Å². The van der Waals surface area contributed by atoms with Gasteiger partial charge in [-0.1, -0.05) is 17.4 Å². The Morgan fingerprint density at radius 1 is 1.14 bits per heavy atom. The van der Waals surface area contributed by atoms with Gasteiger partial charge in [-0.05, 0) is 49.7 Å². The van der Waals surface area contributed by atoms with Crippen molar-refractivity contribution >= 4 is 39.3 Å². The fourth-order valence-corrected chi connectivity index (χ4v) is 5.34. The molecule has 0 spiro atoms. The summed E-state index contributed by atoms with van der Waals surface area (Å²) in [5.41, 5.74) is 0.429. The van der Waals surface area contributed by atoms with Gasteiger partial charge in [0.05, 0.1) is 43.5 Å². The van der Waals surface area contributed by atoms with Crippen LogP contribution in [0.3, 0.4) is 0 Å². The molecular formula is C26H21FN2O7S. The number of rotatable bonds is 6. The predicted molar refractivity (Wildman–Crippen MR) is 133 cm³/mol. The van der Waals surface area contributed by atoms with Crippen molar-refractivity contribution in [2.75, 3.05) is 25.7 Å². The lowest BCUT2D eigenvalue weighted by atomic mass is 9.98. The van der Waals surface area contributed by atoms with Gasteiger partial charge in [0.15, 0.2) is 22.1 Å². The number of fused-ring (bicyclic) bond motifs is 2. The molecule has 5 rings (SSSR count). The van der Waals surface area contributed by atoms with Crippen LogP contribution in [0.5, 0.6) is 11.5 Å². The number of halogens is 1. The van der Waals surface area contributed by atoms with Gasteiger partial charge >= 0.3 is 5.97 Å². The van der Waals surface area contributed by atoms with Crippen LogP contribution in [0, 0.1) is 12.7 Å². The number of hydrogen-bond donors (Lipinski definition) is 0. The molecule has 0 saturated carbocycles. The highest BCUT2D eigenvalue weighted by molar-refractivity contribution is 7.17. The van der Waals surface area contributed by atoms with E-state index in [0.29, 0.717) is 22.8 Å². The van der Waals surface area contributed by atoms with Crippen molar-refractivity contribution in [3.8, 4) is 11.5 Å². The molecule has 0 aliphatic carbocycles. The smallest absolute Gasteiger partial charge is 0.350 e. The van der Waals surface area contributed by atoms with Gasteiger partial charge in [-0.15, -0.1) is 0 Å². The summed E-state index contributed by atoms with van der Waals surface area (Å²) in [6.07, 6.45) is 0. The van der Waals surface area contributed by atoms with Crippen molar-refractivity contribution in [1.82, 2.24) is 4.98 Å². The number of carbonyl (C=O) groups is 2. The minimum absolute atomic E-state index is 0.00130. The summed E-state index contributed by atoms with van der Waals surface area (Å²) in [6, 6.07) is 7.51. The molecule has 1 aliphatic heterocycles. The first-order valence-corrected chi connectivity index (χ1v) is 12.1. The van der Waals surface area contributed by atoms with Crippen LogP contribution in [0.25, 0.3) is 11.0 Å². The lowest BCUT2D eigenvalue weighted by Gasteiger charge is -2.23. The third kappa shape index (κ3) is 3.91. The van der Waals surface area contributed by atoms with E-state index >= 15 is 0 Å². The van der Waals surface area contributed by atoms with Crippen molar-refractivity contribution in [2.24, 2.45) is 0 Å². The Kier molecular flexibility index (Phi) is 6.16. The number of esters is 1. The summed E-state index contributed by atoms with van der Waals surface area (Å²) >= 11 is 0.968. The van der Waals surface area contributed by atoms with Crippen molar-refractivity contribution < 1.29 is 32.6 Å². The molecule has 3 heterocycles. The number of carbonyl (C=O) groups excluding carboxylic acids is 2. The molecule has 0 unspecified atom stereocenters. The van der Waals surface area contributed by atoms with Crippen LogP contribution < -0.4 is 19.8 Å². The van der Waals surface area contributed by atoms with Gasteiger partial charge in [0.2, 0.25) is 5.76 Å². The van der Waals surface area contributed by atoms with Crippen LogP contribution in [0.15, 0.2) is 45.6 Å². The summed E-state index contributed by atoms with van der Waals surface area (Å²) < 4.78 is 35.8. The minimum atomic E-state index is -0.994. The minimum Gasteiger partial charge on any atom is -0.493 e. The molecule has 1 amide bonds. The maximum atomic E-state index is 14.0. The first-order chi connectivity index (χ1) is 17.8. The molecular weight excluding hydrogens is 503 g/mol. The van der Waals surface area contributed by atoms with Gasteiger partial charge in [0.25, 0.3) is 5.91 Å². The Bertz CT molecular complexity index is 1630. The van der Waals surface area contributed by atoms with Crippen molar-refractivity contribution in [1.29, 1.82) is 0 Å². The monoisotopic (exact) mass is 524 g/mol. The number of hydrogen-bond acceptors (Lipinski definition) is 9. The highest BCUT2D eigenvalue weighted by atomic mass is 32.1. The molecule has 2 aromatic carbocycles. The van der Waals surface area contributed by atoms with Crippen LogP contribution in [0.2, 0.25) is 0 Å². The molecule has 190 valence electrons. The van der Waals surface area contributed by atoms with Crippen molar-refractivity contribution in [3.05, 3.63) is 79.9 Å². The number of nitrogens with zero attached hydrogens (tertiary/aromatic N) is 2. The van der Waals surface area contributed by atoms with E-state index in [1.54, 1.807) is 32.0 Å². The van der Waals surface area contributed by atoms with E-state index in [0.717, 1.165) is 23.5 Å². The average molecular weight is 525 g/mol. The number of aromatic nitrogens is 1. The maximum Gasteiger partial charge on any atom is 0.350 e. The lowest BCUT2D eigenvalue weighted by molar-refractivity contribution is 0.0531. The Morgan fingerprint density at radius 2 is 1.89 bits per heavy atom. The van der Waals surface area contributed by atoms with Crippen LogP contribution in [0.4, 0.5) is 9.52 Å². The number of amides is 1. The van der Waals surface area contributed by atoms with E-state index in [9.17, 15) is 18.8 Å². The second kappa shape index (κ2) is 9.32. The van der Waals surface area contributed by atoms with Crippen LogP contribution in [0.1, 0.15) is 50.0 Å². The van der Waals surface area contributed by atoms with Crippen LogP contribution in [-0.2, 0) is 4.74 Å². The number of methoxy groups -OCH3 is 2. The number of anilines is 1. The Hall–Kier alpha value is -4.25. The summed E-state index contributed by atoms with van der Waals surface area (Å²) in [5, 5.41) is 0.174. The van der Waals surface area contributed by atoms with Crippen molar-refractivity contribution in [2.45, 2.75) is 19.9 Å². The molecule has 2 aromatic heterocycles. The molecule has 37 heavy (non-hydrogen) atoms. The molecule has 4 aromatic rings. The van der Waals surface area contributed by atoms with Crippen molar-refractivity contribution in [3.63, 3.8) is 0 Å². The van der Waals surface area contributed by atoms with Gasteiger partial charge in [-0.2, -0.15) is 0 Å². The standard InChI is InChI=1S/C26H21FN2O7S/c1-5-35-25(32)23-12(2)28-26(37-23)29-20(13-6-8-17(33-3)18(10-13)34-4)19-21(30)15-11-14(27)7-9-16(15)36-22(19)24(29)31/h6-11,20H,5H2,1-4H3/t20-/m0/s1. The molecule has 9 nitrogen and oxygen atoms in total. The van der Waals surface area contributed by atoms with E-state index in [-0.39, 0.29) is 38.9 Å². The van der Waals surface area contributed by atoms with E-state index < -0.39 is 29.2 Å². The molecule has 1 aliphatic rings. The topological polar surface area (TPSA) is 108 Å². The zero-order valence-corrected chi connectivity index (χ0v) is 21.1. The molecule has 0 bridgehead atoms. The zero-order chi connectivity index (χ0) is 26.4. The summed E-state index contributed by atoms with van der Waals surface area (Å²) in [6.45, 7) is 3.49. The second-order valence-corrected chi connectivity index (χ2v) is 9.12. The van der Waals surface area contributed by atoms with E-state index in [2.05, 4.69) is 4.98 Å². The van der Waals surface area contributed by atoms with E-state index in [4.69, 9.17) is 18.6 Å². The number of ether oxygens (including phenoxy) is 3. The zero-order valence-electron chi connectivity index (χ0n) is 20.3. The van der Waals surface area contributed by atoms with E-state index in [1.807, 2.05) is 0 Å². The predicted octanol–water partition coefficient (Wildman–Crippen LogP) is 4.64. The quantitative estimate of drug-likeness (QED) is 0.336. The van der Waals surface area contributed by atoms with E-state index in [1.165, 1.54) is 25.2 Å². The molecule has 0 N–H and O–H groups in total. The van der Waals surface area contributed by atoms with Crippen LogP contribution in [-0.4, -0.2) is 37.7 Å². The molecule has 1 atom stereocenters. The molecule has 11 heteroatoms. The normalized spacial score (nSPS) is 14.7. The third-order valence-electron chi connectivity index (χ3n) is 6.01. The first kappa shape index (κ1) is 24.4. The third-order valence-corrected chi connectivity index (χ3v) is 7.14. The SMILES string of the molecule is CCOC(=O)c1sc(N2C(=O)c3oc4ccc(F)cc4c(=O)c3[C@@H]2c2ccc(OC)c(OC)c2)nc1C. The number of aryl methyl sites for hydroxylation is 1. The van der Waals surface area contributed by atoms with Gasteiger partial charge in [-0.3, -0.25) is 14.5 Å². The fraction of sp³-hybridized carbons (Fsp3) is 0.231. The first-order valence-electron chi connectivity index (χ1n) is 11.2. The largest absolute Gasteiger partial charge is 0.493 e. The van der Waals surface area contributed by atoms with Gasteiger partial charge in [0, 0.05) is 0 Å². The summed E-state index contributed by atoms with van der Waals surface area (Å²) in [7, 11) is 2.95. The highest BCUT2D eigenvalue weighted by Crippen LogP contribution is 2.44. The average Bonchev–Trinajstić information content (AvgIpc) is 3.41. The molecule has 0 fully saturated rings. The Balaban J connectivity index is 1.77. The summed E-state index contributed by atoms with van der Waals surface area (Å²) in [4.78, 5) is 45.9. The number of thiazole rings is 1. The Morgan fingerprint density at radius 3 is 2.59 bits per heavy atom. The summed E-state index contributed by atoms with van der Waals surface area (Å²) in [5.74, 6) is -1.16. The number of benzene rings is 2. The van der Waals surface area contributed by atoms with Gasteiger partial charge in [0.1, 0.15) is 16.3 Å². The maximum absolute atomic E-state index is 14.0. The van der Waals surface area contributed by atoms with Crippen LogP contribution >= 0.6 is 11.3 Å². The Labute approximate surface area is 214 Å². The highest BCUT2D eigenvalue weighted by Gasteiger charge is 2.45. The van der Waals surface area contributed by atoms with Gasteiger partial charge in [-0.25, -0.2) is 14.2 Å². The fourth-order valence-electron chi connectivity index (χ4n) is 4.35.